The van der Waals surface area contributed by atoms with Gasteiger partial charge in [-0.05, 0) is 18.6 Å². The van der Waals surface area contributed by atoms with E-state index in [9.17, 15) is 4.79 Å². The first-order valence-corrected chi connectivity index (χ1v) is 5.10. The smallest absolute Gasteiger partial charge is 0.270 e. The number of pyridine rings is 1. The zero-order valence-electron chi connectivity index (χ0n) is 9.56. The van der Waals surface area contributed by atoms with Gasteiger partial charge in [-0.25, -0.2) is 0 Å². The normalized spacial score (nSPS) is 12.2. The molecular weight excluding hydrogens is 206 g/mol. The van der Waals surface area contributed by atoms with Crippen molar-refractivity contribution < 1.29 is 9.53 Å². The van der Waals surface area contributed by atoms with Crippen molar-refractivity contribution in [2.45, 2.75) is 13.0 Å². The molecule has 0 saturated carbocycles. The van der Waals surface area contributed by atoms with Crippen molar-refractivity contribution >= 4 is 5.91 Å². The Morgan fingerprint density at radius 1 is 1.69 bits per heavy atom. The van der Waals surface area contributed by atoms with E-state index in [-0.39, 0.29) is 11.9 Å². The Morgan fingerprint density at radius 3 is 3.00 bits per heavy atom. The van der Waals surface area contributed by atoms with E-state index in [1.165, 1.54) is 0 Å². The summed E-state index contributed by atoms with van der Waals surface area (Å²) >= 11 is 0. The second kappa shape index (κ2) is 6.19. The number of aryl methyl sites for hydroxylation is 1. The molecule has 1 aromatic heterocycles. The van der Waals surface area contributed by atoms with E-state index in [0.29, 0.717) is 18.8 Å². The number of nitrogens with two attached hydrogens (primary N) is 1. The molecule has 16 heavy (non-hydrogen) atoms. The van der Waals surface area contributed by atoms with E-state index >= 15 is 0 Å². The number of hydrogen-bond donors (Lipinski definition) is 2. The van der Waals surface area contributed by atoms with Gasteiger partial charge in [0.25, 0.3) is 5.91 Å². The predicted molar refractivity (Wildman–Crippen MR) is 61.2 cm³/mol. The molecule has 0 radical (unpaired) electrons. The van der Waals surface area contributed by atoms with Crippen LogP contribution in [0.4, 0.5) is 0 Å². The van der Waals surface area contributed by atoms with Crippen molar-refractivity contribution in [2.75, 3.05) is 20.3 Å². The summed E-state index contributed by atoms with van der Waals surface area (Å²) in [6.07, 6.45) is 1.59. The minimum Gasteiger partial charge on any atom is -0.383 e. The Labute approximate surface area is 95.0 Å². The molecule has 5 nitrogen and oxygen atoms in total. The molecule has 0 aliphatic carbocycles. The number of methoxy groups -OCH3 is 1. The van der Waals surface area contributed by atoms with Crippen LogP contribution in [0.5, 0.6) is 0 Å². The molecular formula is C11H17N3O2. The van der Waals surface area contributed by atoms with Crippen LogP contribution in [0.1, 0.15) is 16.1 Å². The van der Waals surface area contributed by atoms with Crippen molar-refractivity contribution in [1.82, 2.24) is 10.3 Å². The van der Waals surface area contributed by atoms with Crippen molar-refractivity contribution in [3.8, 4) is 0 Å². The molecule has 3 N–H and O–H groups in total. The van der Waals surface area contributed by atoms with Crippen LogP contribution in [-0.4, -0.2) is 37.2 Å². The molecule has 5 heteroatoms. The lowest BCUT2D eigenvalue weighted by molar-refractivity contribution is 0.0895. The Balaban J connectivity index is 2.68. The molecule has 1 amide bonds. The molecule has 0 saturated heterocycles. The second-order valence-electron chi connectivity index (χ2n) is 3.53. The van der Waals surface area contributed by atoms with Gasteiger partial charge in [0, 0.05) is 19.9 Å². The average Bonchev–Trinajstić information content (AvgIpc) is 2.28. The molecule has 0 aliphatic heterocycles. The fourth-order valence-corrected chi connectivity index (χ4v) is 1.35. The minimum atomic E-state index is -0.217. The number of nitrogens with zero attached hydrogens (tertiary/aromatic N) is 1. The fourth-order valence-electron chi connectivity index (χ4n) is 1.35. The molecule has 0 aromatic carbocycles. The summed E-state index contributed by atoms with van der Waals surface area (Å²) in [4.78, 5) is 15.9. The summed E-state index contributed by atoms with van der Waals surface area (Å²) in [5, 5.41) is 2.77. The summed E-state index contributed by atoms with van der Waals surface area (Å²) in [6.45, 7) is 2.58. The third kappa shape index (κ3) is 3.29. The summed E-state index contributed by atoms with van der Waals surface area (Å²) in [5.74, 6) is -0.217. The predicted octanol–water partition coefficient (Wildman–Crippen LogP) is 0.0935. The van der Waals surface area contributed by atoms with Crippen molar-refractivity contribution in [2.24, 2.45) is 5.73 Å². The van der Waals surface area contributed by atoms with Crippen LogP contribution in [0.25, 0.3) is 0 Å². The lowest BCUT2D eigenvalue weighted by Crippen LogP contribution is -2.43. The van der Waals surface area contributed by atoms with E-state index in [0.717, 1.165) is 5.56 Å². The Kier molecular flexibility index (Phi) is 4.88. The van der Waals surface area contributed by atoms with Gasteiger partial charge in [-0.15, -0.1) is 0 Å². The summed E-state index contributed by atoms with van der Waals surface area (Å²) in [7, 11) is 1.57. The van der Waals surface area contributed by atoms with Crippen molar-refractivity contribution in [3.05, 3.63) is 29.6 Å². The minimum absolute atomic E-state index is 0.182. The maximum atomic E-state index is 11.8. The molecule has 88 valence electrons. The van der Waals surface area contributed by atoms with Gasteiger partial charge in [0.15, 0.2) is 0 Å². The van der Waals surface area contributed by atoms with Crippen LogP contribution in [0.3, 0.4) is 0 Å². The number of rotatable bonds is 5. The van der Waals surface area contributed by atoms with Crippen molar-refractivity contribution in [3.63, 3.8) is 0 Å². The highest BCUT2D eigenvalue weighted by Gasteiger charge is 2.14. The number of amides is 1. The first-order chi connectivity index (χ1) is 7.69. The molecule has 1 rings (SSSR count). The highest BCUT2D eigenvalue weighted by atomic mass is 16.5. The lowest BCUT2D eigenvalue weighted by Gasteiger charge is -2.15. The molecule has 1 atom stereocenters. The van der Waals surface area contributed by atoms with E-state index < -0.39 is 0 Å². The molecule has 0 fully saturated rings. The van der Waals surface area contributed by atoms with Crippen LogP contribution in [0, 0.1) is 6.92 Å². The standard InChI is InChI=1S/C11H17N3O2/c1-8-4-3-5-13-10(8)11(15)14-9(6-12)7-16-2/h3-5,9H,6-7,12H2,1-2H3,(H,14,15). The van der Waals surface area contributed by atoms with Gasteiger partial charge in [-0.1, -0.05) is 6.07 Å². The Bertz CT molecular complexity index is 355. The van der Waals surface area contributed by atoms with Gasteiger partial charge in [-0.3, -0.25) is 9.78 Å². The zero-order chi connectivity index (χ0) is 12.0. The quantitative estimate of drug-likeness (QED) is 0.742. The molecule has 0 aliphatic rings. The zero-order valence-corrected chi connectivity index (χ0v) is 9.56. The number of carbonyl (C=O) groups is 1. The number of aromatic nitrogens is 1. The summed E-state index contributed by atoms with van der Waals surface area (Å²) < 4.78 is 4.95. The molecule has 1 unspecified atom stereocenters. The molecule has 0 bridgehead atoms. The number of nitrogens with one attached hydrogen (secondary N) is 1. The largest absolute Gasteiger partial charge is 0.383 e. The lowest BCUT2D eigenvalue weighted by atomic mass is 10.2. The summed E-state index contributed by atoms with van der Waals surface area (Å²) in [5.41, 5.74) is 6.78. The van der Waals surface area contributed by atoms with Crippen molar-refractivity contribution in [1.29, 1.82) is 0 Å². The Hall–Kier alpha value is -1.46. The van der Waals surface area contributed by atoms with E-state index in [2.05, 4.69) is 10.3 Å². The monoisotopic (exact) mass is 223 g/mol. The van der Waals surface area contributed by atoms with E-state index in [1.807, 2.05) is 13.0 Å². The highest BCUT2D eigenvalue weighted by molar-refractivity contribution is 5.93. The van der Waals surface area contributed by atoms with Crippen LogP contribution in [-0.2, 0) is 4.74 Å². The van der Waals surface area contributed by atoms with Gasteiger partial charge < -0.3 is 15.8 Å². The molecule has 1 aromatic rings. The fraction of sp³-hybridized carbons (Fsp3) is 0.455. The van der Waals surface area contributed by atoms with Crippen LogP contribution < -0.4 is 11.1 Å². The summed E-state index contributed by atoms with van der Waals surface area (Å²) in [6, 6.07) is 3.45. The van der Waals surface area contributed by atoms with E-state index in [4.69, 9.17) is 10.5 Å². The third-order valence-electron chi connectivity index (χ3n) is 2.21. The van der Waals surface area contributed by atoms with Gasteiger partial charge >= 0.3 is 0 Å². The maximum absolute atomic E-state index is 11.8. The highest BCUT2D eigenvalue weighted by Crippen LogP contribution is 2.03. The maximum Gasteiger partial charge on any atom is 0.270 e. The van der Waals surface area contributed by atoms with Gasteiger partial charge in [0.2, 0.25) is 0 Å². The van der Waals surface area contributed by atoms with Crippen LogP contribution >= 0.6 is 0 Å². The van der Waals surface area contributed by atoms with Crippen LogP contribution in [0.15, 0.2) is 18.3 Å². The Morgan fingerprint density at radius 2 is 2.44 bits per heavy atom. The number of ether oxygens (including phenoxy) is 1. The van der Waals surface area contributed by atoms with Gasteiger partial charge in [0.05, 0.1) is 12.6 Å². The molecule has 0 spiro atoms. The SMILES string of the molecule is COCC(CN)NC(=O)c1ncccc1C. The third-order valence-corrected chi connectivity index (χ3v) is 2.21. The first kappa shape index (κ1) is 12.6. The average molecular weight is 223 g/mol. The molecule has 1 heterocycles. The van der Waals surface area contributed by atoms with Gasteiger partial charge in [-0.2, -0.15) is 0 Å². The van der Waals surface area contributed by atoms with Gasteiger partial charge in [0.1, 0.15) is 5.69 Å². The number of hydrogen-bond acceptors (Lipinski definition) is 4. The van der Waals surface area contributed by atoms with E-state index in [1.54, 1.807) is 19.4 Å². The topological polar surface area (TPSA) is 77.2 Å². The second-order valence-corrected chi connectivity index (χ2v) is 3.53. The van der Waals surface area contributed by atoms with Crippen LogP contribution in [0.2, 0.25) is 0 Å². The number of carbonyl (C=O) groups excluding carboxylic acids is 1. The first-order valence-electron chi connectivity index (χ1n) is 5.10.